The van der Waals surface area contributed by atoms with E-state index in [0.717, 1.165) is 87.9 Å². The number of unbranched alkanes of at least 4 members (excludes halogenated alkanes) is 6. The molecular formula is C47H72N7O19P3-4. The third kappa shape index (κ3) is 21.3. The lowest BCUT2D eigenvalue weighted by Crippen LogP contribution is -2.46. The van der Waals surface area contributed by atoms with Crippen LogP contribution in [0.5, 0.6) is 0 Å². The first-order valence-corrected chi connectivity index (χ1v) is 29.4. The van der Waals surface area contributed by atoms with Gasteiger partial charge in [0.15, 0.2) is 17.7 Å². The van der Waals surface area contributed by atoms with Gasteiger partial charge < -0.3 is 73.8 Å². The number of carbonyl (C=O) groups excluding carboxylic acids is 4. The van der Waals surface area contributed by atoms with Gasteiger partial charge in [-0.05, 0) is 69.9 Å². The minimum Gasteiger partial charge on any atom is -0.790 e. The van der Waals surface area contributed by atoms with Crippen molar-refractivity contribution in [3.05, 3.63) is 48.0 Å². The number of nitrogens with two attached hydrogens (primary N) is 1. The van der Waals surface area contributed by atoms with Crippen molar-refractivity contribution in [2.75, 3.05) is 32.0 Å². The number of Topliss-reactive ketones (excluding diaryl/α,β-unsaturated/α-hetero) is 1. The van der Waals surface area contributed by atoms with Gasteiger partial charge in [0, 0.05) is 36.8 Å². The Kier molecular flexibility index (Phi) is 24.3. The molecule has 7 unspecified atom stereocenters. The van der Waals surface area contributed by atoms with Gasteiger partial charge in [-0.15, -0.1) is 0 Å². The molecule has 3 aromatic rings. The van der Waals surface area contributed by atoms with E-state index in [9.17, 15) is 62.7 Å². The third-order valence-electron chi connectivity index (χ3n) is 12.9. The highest BCUT2D eigenvalue weighted by Gasteiger charge is 2.47. The molecule has 1 aromatic carbocycles. The predicted octanol–water partition coefficient (Wildman–Crippen LogP) is 2.50. The van der Waals surface area contributed by atoms with E-state index in [1.165, 1.54) is 25.0 Å². The number of ether oxygens (including phenoxy) is 2. The van der Waals surface area contributed by atoms with Crippen LogP contribution in [0.4, 0.5) is 5.82 Å². The predicted molar refractivity (Wildman–Crippen MR) is 265 cm³/mol. The van der Waals surface area contributed by atoms with Gasteiger partial charge in [-0.25, -0.2) is 19.3 Å². The second-order valence-corrected chi connectivity index (χ2v) is 24.7. The number of phosphoric acid groups is 3. The summed E-state index contributed by atoms with van der Waals surface area (Å²) in [7, 11) is -17.7. The van der Waals surface area contributed by atoms with Crippen molar-refractivity contribution in [1.82, 2.24) is 30.2 Å². The molecule has 3 heterocycles. The van der Waals surface area contributed by atoms with Crippen molar-refractivity contribution >= 4 is 64.5 Å². The van der Waals surface area contributed by atoms with Crippen molar-refractivity contribution in [2.24, 2.45) is 10.8 Å². The Hall–Kier alpha value is -4.10. The van der Waals surface area contributed by atoms with Crippen LogP contribution in [0.1, 0.15) is 136 Å². The van der Waals surface area contributed by atoms with E-state index >= 15 is 0 Å². The van der Waals surface area contributed by atoms with Crippen molar-refractivity contribution < 1.29 is 90.0 Å². The molecule has 7 atom stereocenters. The summed E-state index contributed by atoms with van der Waals surface area (Å²) in [6, 6.07) is 8.73. The summed E-state index contributed by atoms with van der Waals surface area (Å²) in [5, 5.41) is 26.5. The van der Waals surface area contributed by atoms with Gasteiger partial charge >= 0.3 is 0 Å². The minimum atomic E-state index is -5.94. The first-order valence-electron chi connectivity index (χ1n) is 25.0. The number of aliphatic hydroxyl groups excluding tert-OH is 2. The molecule has 428 valence electrons. The summed E-state index contributed by atoms with van der Waals surface area (Å²) in [6.07, 6.45) is 4.28. The molecule has 1 aliphatic heterocycles. The van der Waals surface area contributed by atoms with Gasteiger partial charge in [-0.1, -0.05) is 84.1 Å². The van der Waals surface area contributed by atoms with Crippen LogP contribution in [0.25, 0.3) is 11.2 Å². The Labute approximate surface area is 442 Å². The van der Waals surface area contributed by atoms with E-state index in [1.54, 1.807) is 0 Å². The topological polar surface area (TPSA) is 401 Å². The molecule has 0 spiro atoms. The number of nitrogen functional groups attached to an aromatic ring is 1. The van der Waals surface area contributed by atoms with Crippen molar-refractivity contribution in [2.45, 2.75) is 168 Å². The molecule has 29 heteroatoms. The van der Waals surface area contributed by atoms with E-state index in [-0.39, 0.29) is 48.7 Å². The number of benzene rings is 1. The Balaban J connectivity index is 1.10. The van der Waals surface area contributed by atoms with Gasteiger partial charge in [0.2, 0.25) is 11.8 Å². The lowest BCUT2D eigenvalue weighted by molar-refractivity contribution is -0.347. The molecule has 2 amide bonds. The van der Waals surface area contributed by atoms with Crippen LogP contribution in [-0.4, -0.2) is 110 Å². The molecule has 1 saturated heterocycles. The average Bonchev–Trinajstić information content (AvgIpc) is 3.89. The summed E-state index contributed by atoms with van der Waals surface area (Å²) in [5.74, 6) is -1.59. The highest BCUT2D eigenvalue weighted by atomic mass is 31.3. The van der Waals surface area contributed by atoms with Crippen LogP contribution in [0.15, 0.2) is 36.9 Å². The van der Waals surface area contributed by atoms with Gasteiger partial charge in [-0.3, -0.25) is 32.9 Å². The summed E-state index contributed by atoms with van der Waals surface area (Å²) in [6.45, 7) is 8.09. The number of fused-ring (bicyclic) bond motifs is 1. The fourth-order valence-electron chi connectivity index (χ4n) is 8.32. The maximum Gasteiger partial charge on any atom is 0.293 e. The highest BCUT2D eigenvalue weighted by molar-refractivity contribution is 7.59. The number of rotatable bonds is 36. The van der Waals surface area contributed by atoms with Crippen LogP contribution in [0.3, 0.4) is 0 Å². The molecule has 6 N–H and O–H groups in total. The number of ketones is 1. The lowest BCUT2D eigenvalue weighted by atomic mass is 9.81. The van der Waals surface area contributed by atoms with E-state index < -0.39 is 95.6 Å². The number of amides is 2. The molecule has 4 rings (SSSR count). The zero-order chi connectivity index (χ0) is 56.5. The molecule has 0 saturated carbocycles. The average molecular weight is 1130 g/mol. The first kappa shape index (κ1) is 64.4. The Morgan fingerprint density at radius 1 is 0.855 bits per heavy atom. The molecule has 0 bridgehead atoms. The number of hydrogen-bond acceptors (Lipinski definition) is 23. The number of nitrogens with one attached hydrogen (secondary N) is 2. The van der Waals surface area contributed by atoms with E-state index in [4.69, 9.17) is 15.2 Å². The number of aryl methyl sites for hydroxylation is 2. The van der Waals surface area contributed by atoms with Crippen LogP contribution < -0.4 is 35.9 Å². The summed E-state index contributed by atoms with van der Waals surface area (Å²) in [4.78, 5) is 109. The number of aliphatic hydroxyl groups is 2. The Morgan fingerprint density at radius 2 is 1.46 bits per heavy atom. The Morgan fingerprint density at radius 3 is 2.09 bits per heavy atom. The van der Waals surface area contributed by atoms with E-state index in [2.05, 4.69) is 67.7 Å². The number of anilines is 1. The third-order valence-corrected chi connectivity index (χ3v) is 15.9. The fraction of sp³-hybridized carbons (Fsp3) is 0.681. The molecule has 26 nitrogen and oxygen atoms in total. The molecule has 1 aliphatic rings. The number of carbonyl (C=O) groups is 4. The second-order valence-electron chi connectivity index (χ2n) is 20.7. The fourth-order valence-corrected chi connectivity index (χ4v) is 11.1. The van der Waals surface area contributed by atoms with Crippen LogP contribution in [0.2, 0.25) is 0 Å². The monoisotopic (exact) mass is 1130 g/mol. The molecule has 76 heavy (non-hydrogen) atoms. The molecule has 0 radical (unpaired) electrons. The summed E-state index contributed by atoms with van der Waals surface area (Å²) in [5.41, 5.74) is 5.71. The van der Waals surface area contributed by atoms with Gasteiger partial charge in [0.25, 0.3) is 22.1 Å². The maximum atomic E-state index is 13.1. The smallest absolute Gasteiger partial charge is 0.293 e. The minimum absolute atomic E-state index is 0.00274. The quantitative estimate of drug-likeness (QED) is 0.0317. The standard InChI is InChI=1S/C47H76N7O19P3/c1-45(2,22-13-9-7-11-16-32-18-15-19-33(26-32)17-12-8-10-14-23-47(5,6)68-31-55)35(56)20-24-49-36(57)21-25-50-43(60)40(59)46(3,4)28-70-76(66,67)73-75(64,65)69-27-34-39(72-74(61,62)63)38(58)44(71-34)54-30-53-37-41(48)51-29-52-42(37)54/h15,18-19,26,29-31,34,38-40,44,58-59H,7-14,16-17,20-25,27-28H2,1-6H3,(H,49,57)(H,50,60)(H,64,65)(H,66,67)(H2,48,51,52)(H2,61,62,63)/p-4. The molecule has 1 fully saturated rings. The SMILES string of the molecule is CC(C)(CCCCCCc1cccc(CCCCCCC(C)(C)C(=O)CCNC(=O)CCNC(=O)C(O)C(C)(C)COP(=O)([O-])OP(=O)([O-])OCC2OC(n3cnc4c(N)ncnc43)C(O)C2OP(=O)([O-])[O-])c1)OC=O. The molecule has 0 aliphatic carbocycles. The summed E-state index contributed by atoms with van der Waals surface area (Å²) < 4.78 is 66.2. The van der Waals surface area contributed by atoms with Crippen LogP contribution in [0, 0.1) is 10.8 Å². The number of phosphoric ester groups is 3. The number of imidazole rings is 1. The highest BCUT2D eigenvalue weighted by Crippen LogP contribution is 2.56. The zero-order valence-electron chi connectivity index (χ0n) is 43.7. The van der Waals surface area contributed by atoms with Crippen molar-refractivity contribution in [1.29, 1.82) is 0 Å². The zero-order valence-corrected chi connectivity index (χ0v) is 46.4. The maximum absolute atomic E-state index is 13.1. The molecule has 2 aromatic heterocycles. The van der Waals surface area contributed by atoms with Crippen LogP contribution in [-0.2, 0) is 73.1 Å². The van der Waals surface area contributed by atoms with Crippen molar-refractivity contribution in [3.63, 3.8) is 0 Å². The van der Waals surface area contributed by atoms with Crippen molar-refractivity contribution in [3.8, 4) is 0 Å². The normalized spacial score (nSPS) is 19.4. The van der Waals surface area contributed by atoms with Crippen LogP contribution >= 0.6 is 23.5 Å². The Bertz CT molecular complexity index is 2540. The molecular weight excluding hydrogens is 1060 g/mol. The number of nitrogens with zero attached hydrogens (tertiary/aromatic N) is 4. The van der Waals surface area contributed by atoms with E-state index in [1.807, 2.05) is 27.7 Å². The lowest BCUT2D eigenvalue weighted by Gasteiger charge is -2.36. The van der Waals surface area contributed by atoms with Gasteiger partial charge in [-0.2, -0.15) is 0 Å². The van der Waals surface area contributed by atoms with E-state index in [0.29, 0.717) is 12.9 Å². The number of hydrogen-bond donors (Lipinski definition) is 5. The largest absolute Gasteiger partial charge is 0.790 e. The second kappa shape index (κ2) is 28.7. The number of aromatic nitrogens is 4. The van der Waals surface area contributed by atoms with Gasteiger partial charge in [0.1, 0.15) is 47.6 Å². The first-order chi connectivity index (χ1) is 35.4. The van der Waals surface area contributed by atoms with Gasteiger partial charge in [0.05, 0.1) is 27.4 Å². The summed E-state index contributed by atoms with van der Waals surface area (Å²) >= 11 is 0.